The third-order valence-electron chi connectivity index (χ3n) is 8.98. The molecule has 8 bridgehead atoms. The van der Waals surface area contributed by atoms with E-state index in [1.807, 2.05) is 86.6 Å². The van der Waals surface area contributed by atoms with Crippen LogP contribution in [0.5, 0.6) is 0 Å². The van der Waals surface area contributed by atoms with Crippen molar-refractivity contribution in [2.24, 2.45) is 0 Å². The second-order valence-electron chi connectivity index (χ2n) is 12.2. The lowest BCUT2D eigenvalue weighted by molar-refractivity contribution is 1.28. The Hall–Kier alpha value is -6.52. The number of aromatic amines is 2. The van der Waals surface area contributed by atoms with E-state index in [1.54, 1.807) is 12.2 Å². The lowest BCUT2D eigenvalue weighted by atomic mass is 10.0. The molecule has 312 valence electrons. The molecule has 4 aromatic rings. The van der Waals surface area contributed by atoms with Crippen LogP contribution in [0, 0.1) is 0 Å². The molecule has 0 amide bonds. The van der Waals surface area contributed by atoms with Crippen LogP contribution in [0.1, 0.15) is 122 Å². The van der Waals surface area contributed by atoms with Crippen LogP contribution in [0.25, 0.3) is 74.2 Å². The van der Waals surface area contributed by atoms with E-state index in [9.17, 15) is 0 Å². The summed E-state index contributed by atoms with van der Waals surface area (Å²) in [5.41, 5.74) is 15.4. The fourth-order valence-corrected chi connectivity index (χ4v) is 6.66. The van der Waals surface area contributed by atoms with Crippen molar-refractivity contribution >= 4 is 63.1 Å². The molecule has 3 aromatic heterocycles. The number of H-pyrrole nitrogens is 2. The van der Waals surface area contributed by atoms with Gasteiger partial charge in [0.05, 0.1) is 22.8 Å². The molecule has 2 N–H and O–H groups in total. The Balaban J connectivity index is 0.00000146. The SMILES string of the molecule is C=C/C=C\C(=C/C)c1c2nc(c(C(/C=C\C)=C/CC=C)c3ccc([nH]3)c(-c3ccccc3)c3nc(c(C(/C=C\C=C)=C/C)c4ccc1[nH]4)C=C3)C=C2.CC.CC.CC.CC. The van der Waals surface area contributed by atoms with E-state index in [0.29, 0.717) is 0 Å². The molecule has 0 unspecified atom stereocenters. The minimum absolute atomic E-state index is 0.721. The zero-order valence-electron chi connectivity index (χ0n) is 38.2. The molecular formula is C56H68N4. The first kappa shape index (κ1) is 49.6. The van der Waals surface area contributed by atoms with E-state index in [-0.39, 0.29) is 0 Å². The van der Waals surface area contributed by atoms with Crippen molar-refractivity contribution in [3.8, 4) is 11.1 Å². The molecule has 0 radical (unpaired) electrons. The summed E-state index contributed by atoms with van der Waals surface area (Å²) in [6, 6.07) is 19.0. The molecule has 0 spiro atoms. The number of fused-ring (bicyclic) bond motifs is 8. The number of allylic oxidation sites excluding steroid dienone is 15. The van der Waals surface area contributed by atoms with Crippen molar-refractivity contribution in [1.82, 2.24) is 19.9 Å². The van der Waals surface area contributed by atoms with Crippen LogP contribution in [-0.4, -0.2) is 19.9 Å². The van der Waals surface area contributed by atoms with E-state index in [0.717, 1.165) is 95.8 Å². The van der Waals surface area contributed by atoms with Gasteiger partial charge in [-0.05, 0) is 98.0 Å². The summed E-state index contributed by atoms with van der Waals surface area (Å²) in [7, 11) is 0. The minimum atomic E-state index is 0.721. The van der Waals surface area contributed by atoms with Crippen LogP contribution in [0.2, 0.25) is 0 Å². The third kappa shape index (κ3) is 12.0. The summed E-state index contributed by atoms with van der Waals surface area (Å²) in [6.45, 7) is 34.0. The Morgan fingerprint density at radius 2 is 0.933 bits per heavy atom. The van der Waals surface area contributed by atoms with Crippen LogP contribution < -0.4 is 0 Å². The molecule has 4 heteroatoms. The Kier molecular flexibility index (Phi) is 22.5. The number of hydrogen-bond acceptors (Lipinski definition) is 2. The summed E-state index contributed by atoms with van der Waals surface area (Å²) >= 11 is 0. The maximum atomic E-state index is 5.38. The van der Waals surface area contributed by atoms with Crippen LogP contribution in [0.3, 0.4) is 0 Å². The van der Waals surface area contributed by atoms with Gasteiger partial charge in [-0.25, -0.2) is 9.97 Å². The highest BCUT2D eigenvalue weighted by atomic mass is 14.8. The predicted molar refractivity (Wildman–Crippen MR) is 273 cm³/mol. The van der Waals surface area contributed by atoms with Crippen LogP contribution in [0.15, 0.2) is 147 Å². The standard InChI is InChI=1S/C48H44N4.4C2H6/c1-7-13-20-33(11-5)45-37-25-26-38(49-37)46(34(12-6)21-14-8-2)40-28-30-43(51-40)48(36-23-17-16-18-24-36)44-32-31-42(52-44)47(41-29-27-39(45)50-41)35(19-10-4)22-15-9-3;4*1-2/h7-14,16-32,49,52H,1-3,15H2,4-6H3;4*1-2H3/b19-10-,20-13-,21-14-,33-11+,34-12+,35-22+,45-37?,45-39?,46-38?,46-40?,47-41?,47-42?,48-43?,48-44?;;;;. The molecule has 0 aliphatic carbocycles. The molecule has 0 atom stereocenters. The van der Waals surface area contributed by atoms with Crippen molar-refractivity contribution < 1.29 is 0 Å². The zero-order valence-corrected chi connectivity index (χ0v) is 38.2. The first-order valence-corrected chi connectivity index (χ1v) is 21.6. The number of hydrogen-bond donors (Lipinski definition) is 2. The molecular weight excluding hydrogens is 729 g/mol. The van der Waals surface area contributed by atoms with Gasteiger partial charge >= 0.3 is 0 Å². The van der Waals surface area contributed by atoms with E-state index in [4.69, 9.17) is 9.97 Å². The quantitative estimate of drug-likeness (QED) is 0.101. The van der Waals surface area contributed by atoms with Crippen molar-refractivity contribution in [2.75, 3.05) is 0 Å². The highest BCUT2D eigenvalue weighted by Gasteiger charge is 2.19. The Morgan fingerprint density at radius 3 is 1.37 bits per heavy atom. The van der Waals surface area contributed by atoms with Gasteiger partial charge < -0.3 is 9.97 Å². The van der Waals surface area contributed by atoms with Crippen molar-refractivity contribution in [3.05, 3.63) is 187 Å². The molecule has 1 aromatic carbocycles. The average Bonchev–Trinajstić information content (AvgIpc) is 4.16. The van der Waals surface area contributed by atoms with Crippen LogP contribution in [-0.2, 0) is 0 Å². The van der Waals surface area contributed by atoms with E-state index >= 15 is 0 Å². The highest BCUT2D eigenvalue weighted by molar-refractivity contribution is 5.99. The van der Waals surface area contributed by atoms with E-state index in [1.165, 1.54) is 0 Å². The van der Waals surface area contributed by atoms with E-state index < -0.39 is 0 Å². The molecule has 2 aliphatic rings. The van der Waals surface area contributed by atoms with Gasteiger partial charge in [-0.1, -0.05) is 172 Å². The Bertz CT molecular complexity index is 2440. The molecule has 0 saturated carbocycles. The van der Waals surface area contributed by atoms with Gasteiger partial charge in [-0.3, -0.25) is 0 Å². The van der Waals surface area contributed by atoms with Gasteiger partial charge in [0.2, 0.25) is 0 Å². The summed E-state index contributed by atoms with van der Waals surface area (Å²) in [6.07, 6.45) is 33.4. The van der Waals surface area contributed by atoms with Crippen LogP contribution >= 0.6 is 0 Å². The van der Waals surface area contributed by atoms with Crippen molar-refractivity contribution in [3.63, 3.8) is 0 Å². The molecule has 4 nitrogen and oxygen atoms in total. The molecule has 0 saturated heterocycles. The second-order valence-corrected chi connectivity index (χ2v) is 12.2. The van der Waals surface area contributed by atoms with Gasteiger partial charge in [0.1, 0.15) is 0 Å². The lowest BCUT2D eigenvalue weighted by Crippen LogP contribution is -1.93. The molecule has 6 rings (SSSR count). The van der Waals surface area contributed by atoms with Gasteiger partial charge in [-0.15, -0.1) is 6.58 Å². The maximum absolute atomic E-state index is 5.38. The second kappa shape index (κ2) is 27.2. The normalized spacial score (nSPS) is 12.2. The van der Waals surface area contributed by atoms with Crippen molar-refractivity contribution in [1.29, 1.82) is 0 Å². The average molecular weight is 797 g/mol. The summed E-state index contributed by atoms with van der Waals surface area (Å²) < 4.78 is 0. The smallest absolute Gasteiger partial charge is 0.0737 e. The third-order valence-corrected chi connectivity index (χ3v) is 8.98. The van der Waals surface area contributed by atoms with E-state index in [2.05, 4.69) is 159 Å². The first-order valence-electron chi connectivity index (χ1n) is 21.6. The van der Waals surface area contributed by atoms with Gasteiger partial charge in [-0.2, -0.15) is 0 Å². The summed E-state index contributed by atoms with van der Waals surface area (Å²) in [5, 5.41) is 0. The molecule has 2 aliphatic heterocycles. The molecule has 0 fully saturated rings. The van der Waals surface area contributed by atoms with Crippen LogP contribution in [0.4, 0.5) is 0 Å². The zero-order chi connectivity index (χ0) is 44.5. The van der Waals surface area contributed by atoms with Gasteiger partial charge in [0.15, 0.2) is 0 Å². The fraction of sp³-hybridized carbons (Fsp3) is 0.214. The van der Waals surface area contributed by atoms with Crippen molar-refractivity contribution in [2.45, 2.75) is 82.6 Å². The first-order chi connectivity index (χ1) is 29.5. The number of rotatable bonds is 11. The summed E-state index contributed by atoms with van der Waals surface area (Å²) in [4.78, 5) is 18.3. The van der Waals surface area contributed by atoms with Gasteiger partial charge in [0, 0.05) is 44.3 Å². The Labute approximate surface area is 362 Å². The Morgan fingerprint density at radius 1 is 0.517 bits per heavy atom. The highest BCUT2D eigenvalue weighted by Crippen LogP contribution is 2.36. The largest absolute Gasteiger partial charge is 0.354 e. The fourth-order valence-electron chi connectivity index (χ4n) is 6.66. The van der Waals surface area contributed by atoms with Gasteiger partial charge in [0.25, 0.3) is 0 Å². The molecule has 60 heavy (non-hydrogen) atoms. The lowest BCUT2D eigenvalue weighted by Gasteiger charge is -2.08. The number of nitrogens with zero attached hydrogens (tertiary/aromatic N) is 2. The monoisotopic (exact) mass is 797 g/mol. The minimum Gasteiger partial charge on any atom is -0.354 e. The molecule has 5 heterocycles. The number of aromatic nitrogens is 4. The summed E-state index contributed by atoms with van der Waals surface area (Å²) in [5.74, 6) is 0. The topological polar surface area (TPSA) is 57.4 Å². The number of benzene rings is 1. The number of nitrogens with one attached hydrogen (secondary N) is 2. The predicted octanol–water partition coefficient (Wildman–Crippen LogP) is 17.3. The maximum Gasteiger partial charge on any atom is 0.0737 e.